The van der Waals surface area contributed by atoms with Crippen LogP contribution in [0.3, 0.4) is 0 Å². The Bertz CT molecular complexity index is 588. The zero-order valence-corrected chi connectivity index (χ0v) is 13.3. The van der Waals surface area contributed by atoms with Crippen molar-refractivity contribution in [3.8, 4) is 6.07 Å². The Balaban J connectivity index is 1.37. The van der Waals surface area contributed by atoms with Crippen LogP contribution in [0.25, 0.3) is 0 Å². The van der Waals surface area contributed by atoms with Crippen LogP contribution in [-0.4, -0.2) is 18.9 Å². The summed E-state index contributed by atoms with van der Waals surface area (Å²) in [5.74, 6) is 2.79. The van der Waals surface area contributed by atoms with E-state index in [0.29, 0.717) is 42.1 Å². The predicted molar refractivity (Wildman–Crippen MR) is 81.6 cm³/mol. The summed E-state index contributed by atoms with van der Waals surface area (Å²) in [5.41, 5.74) is 0. The van der Waals surface area contributed by atoms with Crippen molar-refractivity contribution in [3.05, 3.63) is 12.2 Å². The van der Waals surface area contributed by atoms with Gasteiger partial charge in [-0.25, -0.2) is 0 Å². The van der Waals surface area contributed by atoms with E-state index in [0.717, 1.165) is 25.7 Å². The lowest BCUT2D eigenvalue weighted by atomic mass is 9.65. The van der Waals surface area contributed by atoms with E-state index in [4.69, 9.17) is 9.47 Å². The van der Waals surface area contributed by atoms with E-state index in [-0.39, 0.29) is 24.1 Å². The Kier molecular flexibility index (Phi) is 3.10. The van der Waals surface area contributed by atoms with Crippen molar-refractivity contribution < 1.29 is 14.3 Å². The lowest BCUT2D eigenvalue weighted by Gasteiger charge is -2.38. The van der Waals surface area contributed by atoms with Crippen LogP contribution in [0, 0.1) is 58.7 Å². The lowest BCUT2D eigenvalue weighted by Crippen LogP contribution is -2.42. The van der Waals surface area contributed by atoms with E-state index < -0.39 is 0 Å². The molecular weight excluding hydrogens is 290 g/mol. The fourth-order valence-corrected chi connectivity index (χ4v) is 6.55. The number of carbonyl (C=O) groups is 1. The molecule has 0 aromatic heterocycles. The summed E-state index contributed by atoms with van der Waals surface area (Å²) < 4.78 is 11.2. The quantitative estimate of drug-likeness (QED) is 0.447. The maximum absolute atomic E-state index is 12.8. The molecule has 0 radical (unpaired) electrons. The number of hydrogen-bond donors (Lipinski definition) is 0. The van der Waals surface area contributed by atoms with E-state index in [1.54, 1.807) is 0 Å². The van der Waals surface area contributed by atoms with Crippen molar-refractivity contribution in [1.29, 1.82) is 5.26 Å². The normalized spacial score (nSPS) is 52.4. The monoisotopic (exact) mass is 313 g/mol. The van der Waals surface area contributed by atoms with Gasteiger partial charge in [0.1, 0.15) is 0 Å². The van der Waals surface area contributed by atoms with E-state index >= 15 is 0 Å². The molecule has 0 aromatic carbocycles. The molecule has 1 heterocycles. The highest BCUT2D eigenvalue weighted by molar-refractivity contribution is 5.75. The van der Waals surface area contributed by atoms with Gasteiger partial charge in [-0.3, -0.25) is 4.79 Å². The molecule has 0 aromatic rings. The molecule has 0 amide bonds. The second kappa shape index (κ2) is 5.08. The van der Waals surface area contributed by atoms with Crippen LogP contribution in [0.4, 0.5) is 0 Å². The third-order valence-electron chi connectivity index (χ3n) is 7.23. The molecule has 9 unspecified atom stereocenters. The zero-order valence-electron chi connectivity index (χ0n) is 13.3. The molecule has 5 aliphatic rings. The number of hydrogen-bond acceptors (Lipinski definition) is 4. The van der Waals surface area contributed by atoms with Crippen LogP contribution in [0.5, 0.6) is 0 Å². The molecule has 5 rings (SSSR count). The number of ether oxygens (including phenoxy) is 2. The van der Waals surface area contributed by atoms with Gasteiger partial charge in [-0.1, -0.05) is 12.2 Å². The molecular formula is C19H23NO3. The summed E-state index contributed by atoms with van der Waals surface area (Å²) in [7, 11) is 0. The van der Waals surface area contributed by atoms with Gasteiger partial charge >= 0.3 is 5.97 Å². The van der Waals surface area contributed by atoms with Gasteiger partial charge in [0.25, 0.3) is 0 Å². The molecule has 4 nitrogen and oxygen atoms in total. The Labute approximate surface area is 136 Å². The van der Waals surface area contributed by atoms with E-state index in [1.165, 1.54) is 6.42 Å². The highest BCUT2D eigenvalue weighted by Gasteiger charge is 2.66. The average molecular weight is 313 g/mol. The summed E-state index contributed by atoms with van der Waals surface area (Å²) in [6, 6.07) is 2.47. The van der Waals surface area contributed by atoms with Gasteiger partial charge in [0.2, 0.25) is 6.29 Å². The van der Waals surface area contributed by atoms with Crippen molar-refractivity contribution in [1.82, 2.24) is 0 Å². The van der Waals surface area contributed by atoms with Crippen LogP contribution in [0.2, 0.25) is 0 Å². The number of nitrogens with zero attached hydrogens (tertiary/aromatic N) is 1. The van der Waals surface area contributed by atoms with Crippen molar-refractivity contribution in [2.24, 2.45) is 47.3 Å². The molecule has 3 saturated carbocycles. The number of rotatable bonds is 2. The number of esters is 1. The first-order chi connectivity index (χ1) is 11.3. The highest BCUT2D eigenvalue weighted by atomic mass is 16.7. The number of nitriles is 1. The van der Waals surface area contributed by atoms with Gasteiger partial charge in [-0.05, 0) is 61.2 Å². The Morgan fingerprint density at radius 2 is 1.91 bits per heavy atom. The van der Waals surface area contributed by atoms with Crippen LogP contribution in [-0.2, 0) is 14.3 Å². The molecule has 23 heavy (non-hydrogen) atoms. The zero-order chi connectivity index (χ0) is 15.6. The molecule has 122 valence electrons. The van der Waals surface area contributed by atoms with Gasteiger partial charge in [0.05, 0.1) is 24.5 Å². The highest BCUT2D eigenvalue weighted by Crippen LogP contribution is 2.68. The lowest BCUT2D eigenvalue weighted by molar-refractivity contribution is -0.195. The van der Waals surface area contributed by atoms with E-state index in [9.17, 15) is 10.1 Å². The molecule has 0 spiro atoms. The summed E-state index contributed by atoms with van der Waals surface area (Å²) in [5, 5.41) is 9.70. The topological polar surface area (TPSA) is 59.3 Å². The molecule has 4 fully saturated rings. The van der Waals surface area contributed by atoms with Gasteiger partial charge < -0.3 is 9.47 Å². The molecule has 1 aliphatic heterocycles. The number of allylic oxidation sites excluding steroid dienone is 2. The molecule has 4 heteroatoms. The minimum atomic E-state index is -0.384. The van der Waals surface area contributed by atoms with Crippen LogP contribution < -0.4 is 0 Å². The van der Waals surface area contributed by atoms with Crippen LogP contribution >= 0.6 is 0 Å². The Morgan fingerprint density at radius 3 is 2.61 bits per heavy atom. The van der Waals surface area contributed by atoms with Crippen molar-refractivity contribution in [3.63, 3.8) is 0 Å². The summed E-state index contributed by atoms with van der Waals surface area (Å²) >= 11 is 0. The SMILES string of the molecule is N#CC1C2CC(C1C(=O)OC1CCCCO1)C1C3C=CC(C3)C21. The molecule has 9 atom stereocenters. The van der Waals surface area contributed by atoms with Gasteiger partial charge in [-0.15, -0.1) is 0 Å². The molecule has 1 saturated heterocycles. The average Bonchev–Trinajstić information content (AvgIpc) is 3.32. The van der Waals surface area contributed by atoms with Crippen molar-refractivity contribution in [2.75, 3.05) is 6.61 Å². The molecule has 0 N–H and O–H groups in total. The third kappa shape index (κ3) is 1.89. The maximum atomic E-state index is 12.8. The standard InChI is InChI=1S/C19H23NO3/c20-9-14-12-8-13(17-11-5-4-10(7-11)16(12)17)18(14)19(21)23-15-3-1-2-6-22-15/h4-5,10-18H,1-3,6-8H2. The minimum Gasteiger partial charge on any atom is -0.435 e. The Hall–Kier alpha value is -1.34. The largest absolute Gasteiger partial charge is 0.435 e. The summed E-state index contributed by atoms with van der Waals surface area (Å²) in [4.78, 5) is 12.8. The number of fused-ring (bicyclic) bond motifs is 9. The summed E-state index contributed by atoms with van der Waals surface area (Å²) in [6.45, 7) is 0.676. The van der Waals surface area contributed by atoms with Gasteiger partial charge in [0, 0.05) is 6.42 Å². The fraction of sp³-hybridized carbons (Fsp3) is 0.789. The Morgan fingerprint density at radius 1 is 1.13 bits per heavy atom. The molecule has 4 bridgehead atoms. The van der Waals surface area contributed by atoms with E-state index in [2.05, 4.69) is 18.2 Å². The van der Waals surface area contributed by atoms with Crippen LogP contribution in [0.15, 0.2) is 12.2 Å². The third-order valence-corrected chi connectivity index (χ3v) is 7.23. The second-order valence-corrected chi connectivity index (χ2v) is 8.08. The maximum Gasteiger partial charge on any atom is 0.312 e. The number of carbonyl (C=O) groups excluding carboxylic acids is 1. The first-order valence-corrected chi connectivity index (χ1v) is 9.18. The van der Waals surface area contributed by atoms with Gasteiger partial charge in [0.15, 0.2) is 0 Å². The first kappa shape index (κ1) is 14.0. The smallest absolute Gasteiger partial charge is 0.312 e. The first-order valence-electron chi connectivity index (χ1n) is 9.18. The van der Waals surface area contributed by atoms with Crippen LogP contribution in [0.1, 0.15) is 32.1 Å². The summed E-state index contributed by atoms with van der Waals surface area (Å²) in [6.07, 6.45) is 9.53. The molecule has 4 aliphatic carbocycles. The fourth-order valence-electron chi connectivity index (χ4n) is 6.55. The minimum absolute atomic E-state index is 0.148. The second-order valence-electron chi connectivity index (χ2n) is 8.08. The van der Waals surface area contributed by atoms with Gasteiger partial charge in [-0.2, -0.15) is 5.26 Å². The van der Waals surface area contributed by atoms with Crippen molar-refractivity contribution in [2.45, 2.75) is 38.4 Å². The predicted octanol–water partition coefficient (Wildman–Crippen LogP) is 2.90. The van der Waals surface area contributed by atoms with Crippen molar-refractivity contribution >= 4 is 5.97 Å². The van der Waals surface area contributed by atoms with E-state index in [1.807, 2.05) is 0 Å².